The molecule has 0 bridgehead atoms. The van der Waals surface area contributed by atoms with Gasteiger partial charge in [-0.2, -0.15) is 5.10 Å². The zero-order chi connectivity index (χ0) is 16.8. The second kappa shape index (κ2) is 8.41. The molecule has 0 fully saturated rings. The third-order valence-corrected chi connectivity index (χ3v) is 4.12. The average molecular weight is 392 g/mol. The zero-order valence-electron chi connectivity index (χ0n) is 11.5. The molecule has 0 aliphatic carbocycles. The Balaban J connectivity index is 1.90. The van der Waals surface area contributed by atoms with Gasteiger partial charge < -0.3 is 4.74 Å². The monoisotopic (exact) mass is 390 g/mol. The van der Waals surface area contributed by atoms with E-state index in [4.69, 9.17) is 51.1 Å². The van der Waals surface area contributed by atoms with E-state index in [-0.39, 0.29) is 11.6 Å². The molecule has 1 N–H and O–H groups in total. The fourth-order valence-corrected chi connectivity index (χ4v) is 2.42. The number of amides is 1. The number of hydrogen-bond acceptors (Lipinski definition) is 3. The van der Waals surface area contributed by atoms with Crippen molar-refractivity contribution in [3.05, 3.63) is 62.1 Å². The van der Waals surface area contributed by atoms with Gasteiger partial charge in [-0.05, 0) is 24.3 Å². The summed E-state index contributed by atoms with van der Waals surface area (Å²) in [7, 11) is 0. The normalized spacial score (nSPS) is 10.8. The smallest absolute Gasteiger partial charge is 0.277 e. The fourth-order valence-electron chi connectivity index (χ4n) is 1.57. The highest BCUT2D eigenvalue weighted by Gasteiger charge is 2.08. The van der Waals surface area contributed by atoms with Crippen LogP contribution < -0.4 is 10.2 Å². The van der Waals surface area contributed by atoms with Crippen molar-refractivity contribution in [1.29, 1.82) is 0 Å². The van der Waals surface area contributed by atoms with Crippen LogP contribution in [0.4, 0.5) is 0 Å². The predicted octanol–water partition coefficient (Wildman–Crippen LogP) is 4.83. The summed E-state index contributed by atoms with van der Waals surface area (Å²) >= 11 is 23.8. The molecule has 0 aromatic heterocycles. The van der Waals surface area contributed by atoms with Gasteiger partial charge in [-0.3, -0.25) is 4.79 Å². The van der Waals surface area contributed by atoms with Crippen LogP contribution in [-0.4, -0.2) is 18.7 Å². The van der Waals surface area contributed by atoms with Crippen LogP contribution in [0.2, 0.25) is 20.1 Å². The number of ether oxygens (including phenoxy) is 1. The second-order valence-corrected chi connectivity index (χ2v) is 5.87. The van der Waals surface area contributed by atoms with E-state index < -0.39 is 5.91 Å². The van der Waals surface area contributed by atoms with Gasteiger partial charge in [-0.15, -0.1) is 0 Å². The Morgan fingerprint density at radius 2 is 1.65 bits per heavy atom. The summed E-state index contributed by atoms with van der Waals surface area (Å²) in [6, 6.07) is 9.94. The number of nitrogens with one attached hydrogen (secondary N) is 1. The van der Waals surface area contributed by atoms with Crippen molar-refractivity contribution in [2.75, 3.05) is 6.61 Å². The molecule has 0 heterocycles. The Hall–Kier alpha value is -1.46. The molecule has 1 amide bonds. The topological polar surface area (TPSA) is 50.7 Å². The molecule has 0 aliphatic heterocycles. The van der Waals surface area contributed by atoms with Gasteiger partial charge in [0, 0.05) is 5.56 Å². The van der Waals surface area contributed by atoms with Crippen molar-refractivity contribution in [3.63, 3.8) is 0 Å². The Morgan fingerprint density at radius 1 is 1.04 bits per heavy atom. The first-order valence-electron chi connectivity index (χ1n) is 6.31. The number of rotatable bonds is 5. The third kappa shape index (κ3) is 5.01. The molecule has 0 spiro atoms. The number of hydrogen-bond donors (Lipinski definition) is 1. The molecular formula is C15H10Cl4N2O2. The van der Waals surface area contributed by atoms with E-state index >= 15 is 0 Å². The molecule has 0 unspecified atom stereocenters. The first kappa shape index (κ1) is 17.9. The largest absolute Gasteiger partial charge is 0.482 e. The lowest BCUT2D eigenvalue weighted by atomic mass is 10.2. The minimum Gasteiger partial charge on any atom is -0.482 e. The van der Waals surface area contributed by atoms with Crippen LogP contribution in [0.25, 0.3) is 0 Å². The molecular weight excluding hydrogens is 382 g/mol. The molecule has 0 aliphatic rings. The van der Waals surface area contributed by atoms with E-state index in [1.54, 1.807) is 36.4 Å². The summed E-state index contributed by atoms with van der Waals surface area (Å²) in [6.45, 7) is -0.270. The molecule has 23 heavy (non-hydrogen) atoms. The Bertz CT molecular complexity index is 730. The number of hydrazone groups is 1. The van der Waals surface area contributed by atoms with Crippen LogP contribution in [0.1, 0.15) is 5.56 Å². The molecule has 0 atom stereocenters. The van der Waals surface area contributed by atoms with Gasteiger partial charge in [-0.1, -0.05) is 58.5 Å². The minimum absolute atomic E-state index is 0.244. The maximum absolute atomic E-state index is 11.7. The van der Waals surface area contributed by atoms with E-state index in [0.717, 1.165) is 0 Å². The van der Waals surface area contributed by atoms with E-state index in [2.05, 4.69) is 10.5 Å². The first-order valence-corrected chi connectivity index (χ1v) is 7.83. The van der Waals surface area contributed by atoms with Gasteiger partial charge in [0.1, 0.15) is 10.8 Å². The molecule has 4 nitrogen and oxygen atoms in total. The fraction of sp³-hybridized carbons (Fsp3) is 0.0667. The van der Waals surface area contributed by atoms with Crippen molar-refractivity contribution in [3.8, 4) is 5.75 Å². The lowest BCUT2D eigenvalue weighted by Gasteiger charge is -2.07. The summed E-state index contributed by atoms with van der Waals surface area (Å²) in [5, 5.41) is 5.23. The van der Waals surface area contributed by atoms with E-state index in [1.807, 2.05) is 0 Å². The van der Waals surface area contributed by atoms with Gasteiger partial charge in [0.25, 0.3) is 5.91 Å². The van der Waals surface area contributed by atoms with Crippen molar-refractivity contribution in [1.82, 2.24) is 5.43 Å². The molecule has 0 radical (unpaired) electrons. The highest BCUT2D eigenvalue weighted by molar-refractivity contribution is 6.43. The maximum atomic E-state index is 11.7. The number of halogens is 4. The predicted molar refractivity (Wildman–Crippen MR) is 94.2 cm³/mol. The van der Waals surface area contributed by atoms with Crippen molar-refractivity contribution in [2.24, 2.45) is 5.10 Å². The summed E-state index contributed by atoms with van der Waals surface area (Å²) in [6.07, 6.45) is 1.36. The summed E-state index contributed by atoms with van der Waals surface area (Å²) in [5.74, 6) is -0.159. The molecule has 0 saturated carbocycles. The highest BCUT2D eigenvalue weighted by atomic mass is 35.5. The molecule has 2 aromatic rings. The van der Waals surface area contributed by atoms with Crippen molar-refractivity contribution < 1.29 is 9.53 Å². The standard InChI is InChI=1S/C15H10Cl4N2O2/c16-10-3-1-4-11(17)9(10)7-20-21-14(22)8-23-13-6-2-5-12(18)15(13)19/h1-7H,8H2,(H,21,22)/b20-7-. The molecule has 2 rings (SSSR count). The molecule has 0 saturated heterocycles. The lowest BCUT2D eigenvalue weighted by molar-refractivity contribution is -0.123. The van der Waals surface area contributed by atoms with Crippen LogP contribution in [0.3, 0.4) is 0 Å². The van der Waals surface area contributed by atoms with Crippen LogP contribution >= 0.6 is 46.4 Å². The van der Waals surface area contributed by atoms with Crippen LogP contribution in [0, 0.1) is 0 Å². The van der Waals surface area contributed by atoms with E-state index in [9.17, 15) is 4.79 Å². The van der Waals surface area contributed by atoms with Crippen LogP contribution in [-0.2, 0) is 4.79 Å². The van der Waals surface area contributed by atoms with E-state index in [0.29, 0.717) is 26.4 Å². The Kier molecular flexibility index (Phi) is 6.54. The Labute approximate surface area is 152 Å². The van der Waals surface area contributed by atoms with Gasteiger partial charge >= 0.3 is 0 Å². The van der Waals surface area contributed by atoms with Gasteiger partial charge in [-0.25, -0.2) is 5.43 Å². The average Bonchev–Trinajstić information content (AvgIpc) is 2.51. The maximum Gasteiger partial charge on any atom is 0.277 e. The molecule has 120 valence electrons. The summed E-state index contributed by atoms with van der Waals surface area (Å²) in [4.78, 5) is 11.7. The van der Waals surface area contributed by atoms with Crippen LogP contribution in [0.5, 0.6) is 5.75 Å². The lowest BCUT2D eigenvalue weighted by Crippen LogP contribution is -2.24. The number of carbonyl (C=O) groups excluding carboxylic acids is 1. The number of benzene rings is 2. The number of carbonyl (C=O) groups is 1. The third-order valence-electron chi connectivity index (χ3n) is 2.66. The van der Waals surface area contributed by atoms with Crippen LogP contribution in [0.15, 0.2) is 41.5 Å². The first-order chi connectivity index (χ1) is 11.0. The SMILES string of the molecule is O=C(COc1cccc(Cl)c1Cl)N/N=C\c1c(Cl)cccc1Cl. The van der Waals surface area contributed by atoms with Gasteiger partial charge in [0.05, 0.1) is 21.3 Å². The molecule has 2 aromatic carbocycles. The number of nitrogens with zero attached hydrogens (tertiary/aromatic N) is 1. The highest BCUT2D eigenvalue weighted by Crippen LogP contribution is 2.31. The zero-order valence-corrected chi connectivity index (χ0v) is 14.5. The Morgan fingerprint density at radius 3 is 2.35 bits per heavy atom. The van der Waals surface area contributed by atoms with E-state index in [1.165, 1.54) is 6.21 Å². The van der Waals surface area contributed by atoms with Crippen molar-refractivity contribution in [2.45, 2.75) is 0 Å². The minimum atomic E-state index is -0.472. The second-order valence-electron chi connectivity index (χ2n) is 4.27. The summed E-state index contributed by atoms with van der Waals surface area (Å²) in [5.41, 5.74) is 2.81. The molecule has 8 heteroatoms. The van der Waals surface area contributed by atoms with Gasteiger partial charge in [0.15, 0.2) is 6.61 Å². The van der Waals surface area contributed by atoms with Gasteiger partial charge in [0.2, 0.25) is 0 Å². The quantitative estimate of drug-likeness (QED) is 0.586. The van der Waals surface area contributed by atoms with Crippen molar-refractivity contribution >= 4 is 58.5 Å². The summed E-state index contributed by atoms with van der Waals surface area (Å²) < 4.78 is 5.28.